The normalized spacial score (nSPS) is 17.0. The van der Waals surface area contributed by atoms with Crippen LogP contribution < -0.4 is 9.64 Å². The SMILES string of the molecule is C#Cc1cc(C(=C)N2CCN(c3ccc(OCCCN4CCCCC4)cc3)CC2)ccc1C. The quantitative estimate of drug-likeness (QED) is 0.421. The van der Waals surface area contributed by atoms with Crippen molar-refractivity contribution in [3.05, 3.63) is 65.7 Å². The Morgan fingerprint density at radius 3 is 2.39 bits per heavy atom. The Morgan fingerprint density at radius 1 is 0.970 bits per heavy atom. The van der Waals surface area contributed by atoms with E-state index in [9.17, 15) is 0 Å². The molecule has 0 bridgehead atoms. The van der Waals surface area contributed by atoms with E-state index >= 15 is 0 Å². The molecule has 0 N–H and O–H groups in total. The Labute approximate surface area is 199 Å². The van der Waals surface area contributed by atoms with E-state index in [1.807, 2.05) is 6.92 Å². The molecule has 0 aliphatic carbocycles. The summed E-state index contributed by atoms with van der Waals surface area (Å²) in [4.78, 5) is 7.37. The van der Waals surface area contributed by atoms with E-state index in [1.165, 1.54) is 38.0 Å². The zero-order valence-corrected chi connectivity index (χ0v) is 20.1. The average Bonchev–Trinajstić information content (AvgIpc) is 2.87. The summed E-state index contributed by atoms with van der Waals surface area (Å²) in [6, 6.07) is 14.9. The lowest BCUT2D eigenvalue weighted by molar-refractivity contribution is 0.205. The first-order chi connectivity index (χ1) is 16.1. The summed E-state index contributed by atoms with van der Waals surface area (Å²) >= 11 is 0. The first-order valence-corrected chi connectivity index (χ1v) is 12.4. The van der Waals surface area contributed by atoms with Crippen LogP contribution in [0.4, 0.5) is 5.69 Å². The Bertz CT molecular complexity index is 961. The predicted octanol–water partition coefficient (Wildman–Crippen LogP) is 5.02. The summed E-state index contributed by atoms with van der Waals surface area (Å²) in [5.74, 6) is 3.74. The molecule has 0 atom stereocenters. The van der Waals surface area contributed by atoms with Crippen LogP contribution in [0.3, 0.4) is 0 Å². The summed E-state index contributed by atoms with van der Waals surface area (Å²) < 4.78 is 5.99. The fourth-order valence-corrected chi connectivity index (χ4v) is 4.79. The molecule has 33 heavy (non-hydrogen) atoms. The molecule has 2 aliphatic heterocycles. The summed E-state index contributed by atoms with van der Waals surface area (Å²) in [6.45, 7) is 14.7. The number of anilines is 1. The molecule has 0 amide bonds. The number of piperidine rings is 1. The molecule has 0 radical (unpaired) electrons. The van der Waals surface area contributed by atoms with Gasteiger partial charge in [0.25, 0.3) is 0 Å². The number of hydrogen-bond donors (Lipinski definition) is 0. The van der Waals surface area contributed by atoms with E-state index in [-0.39, 0.29) is 0 Å². The minimum Gasteiger partial charge on any atom is -0.494 e. The van der Waals surface area contributed by atoms with Gasteiger partial charge in [0.1, 0.15) is 5.75 Å². The van der Waals surface area contributed by atoms with Gasteiger partial charge in [0.15, 0.2) is 0 Å². The molecule has 2 fully saturated rings. The zero-order valence-electron chi connectivity index (χ0n) is 20.1. The molecule has 2 aromatic rings. The maximum absolute atomic E-state index is 5.99. The lowest BCUT2D eigenvalue weighted by atomic mass is 10.0. The van der Waals surface area contributed by atoms with Crippen LogP contribution in [-0.4, -0.2) is 62.2 Å². The molecule has 0 unspecified atom stereocenters. The molecular formula is C29H37N3O. The fourth-order valence-electron chi connectivity index (χ4n) is 4.79. The Hall–Kier alpha value is -2.90. The minimum absolute atomic E-state index is 0.789. The van der Waals surface area contributed by atoms with Gasteiger partial charge in [0.05, 0.1) is 6.61 Å². The van der Waals surface area contributed by atoms with Crippen molar-refractivity contribution >= 4 is 11.4 Å². The number of ether oxygens (including phenoxy) is 1. The van der Waals surface area contributed by atoms with E-state index in [1.54, 1.807) is 0 Å². The number of hydrogen-bond acceptors (Lipinski definition) is 4. The van der Waals surface area contributed by atoms with Crippen LogP contribution in [0.1, 0.15) is 42.4 Å². The van der Waals surface area contributed by atoms with E-state index < -0.39 is 0 Å². The third-order valence-corrected chi connectivity index (χ3v) is 6.93. The number of nitrogens with zero attached hydrogens (tertiary/aromatic N) is 3. The van der Waals surface area contributed by atoms with Gasteiger partial charge in [-0.2, -0.15) is 0 Å². The van der Waals surface area contributed by atoms with Crippen LogP contribution in [0.5, 0.6) is 5.75 Å². The third-order valence-electron chi connectivity index (χ3n) is 6.93. The molecule has 2 saturated heterocycles. The lowest BCUT2D eigenvalue weighted by Gasteiger charge is -2.38. The molecule has 2 aliphatic rings. The van der Waals surface area contributed by atoms with Gasteiger partial charge in [0.2, 0.25) is 0 Å². The van der Waals surface area contributed by atoms with Crippen molar-refractivity contribution < 1.29 is 4.74 Å². The lowest BCUT2D eigenvalue weighted by Crippen LogP contribution is -2.45. The monoisotopic (exact) mass is 443 g/mol. The molecule has 0 saturated carbocycles. The van der Waals surface area contributed by atoms with Crippen LogP contribution in [0.25, 0.3) is 5.70 Å². The van der Waals surface area contributed by atoms with Gasteiger partial charge in [-0.1, -0.05) is 31.1 Å². The minimum atomic E-state index is 0.789. The van der Waals surface area contributed by atoms with Gasteiger partial charge in [-0.25, -0.2) is 0 Å². The van der Waals surface area contributed by atoms with Gasteiger partial charge in [0, 0.05) is 49.7 Å². The Balaban J connectivity index is 1.22. The van der Waals surface area contributed by atoms with Crippen molar-refractivity contribution in [2.24, 2.45) is 0 Å². The highest BCUT2D eigenvalue weighted by atomic mass is 16.5. The molecule has 4 heteroatoms. The highest BCUT2D eigenvalue weighted by molar-refractivity contribution is 5.65. The van der Waals surface area contributed by atoms with Gasteiger partial charge in [-0.15, -0.1) is 6.42 Å². The topological polar surface area (TPSA) is 19.0 Å². The maximum Gasteiger partial charge on any atom is 0.119 e. The van der Waals surface area contributed by atoms with Crippen molar-refractivity contribution in [3.63, 3.8) is 0 Å². The molecule has 0 spiro atoms. The number of aryl methyl sites for hydroxylation is 1. The number of terminal acetylenes is 1. The first kappa shape index (κ1) is 23.3. The van der Waals surface area contributed by atoms with E-state index in [0.717, 1.165) is 73.9 Å². The van der Waals surface area contributed by atoms with Crippen LogP contribution >= 0.6 is 0 Å². The molecular weight excluding hydrogens is 406 g/mol. The van der Waals surface area contributed by atoms with E-state index in [2.05, 4.69) is 69.7 Å². The van der Waals surface area contributed by atoms with Crippen LogP contribution in [-0.2, 0) is 0 Å². The zero-order chi connectivity index (χ0) is 23.0. The summed E-state index contributed by atoms with van der Waals surface area (Å²) in [5.41, 5.74) is 5.50. The average molecular weight is 444 g/mol. The first-order valence-electron chi connectivity index (χ1n) is 12.4. The van der Waals surface area contributed by atoms with Crippen LogP contribution in [0, 0.1) is 19.3 Å². The largest absolute Gasteiger partial charge is 0.494 e. The number of rotatable bonds is 8. The summed E-state index contributed by atoms with van der Waals surface area (Å²) in [6.07, 6.45) is 10.8. The van der Waals surface area contributed by atoms with Gasteiger partial charge in [-0.05, 0) is 80.7 Å². The van der Waals surface area contributed by atoms with Crippen molar-refractivity contribution in [2.45, 2.75) is 32.6 Å². The maximum atomic E-state index is 5.99. The molecule has 174 valence electrons. The second-order valence-electron chi connectivity index (χ2n) is 9.19. The number of likely N-dealkylation sites (tertiary alicyclic amines) is 1. The summed E-state index contributed by atoms with van der Waals surface area (Å²) in [5, 5.41) is 0. The second kappa shape index (κ2) is 11.3. The Morgan fingerprint density at radius 2 is 1.70 bits per heavy atom. The molecule has 0 aromatic heterocycles. The van der Waals surface area contributed by atoms with Crippen molar-refractivity contribution in [1.29, 1.82) is 0 Å². The van der Waals surface area contributed by atoms with Crippen molar-refractivity contribution in [2.75, 3.05) is 57.3 Å². The van der Waals surface area contributed by atoms with E-state index in [0.29, 0.717) is 0 Å². The summed E-state index contributed by atoms with van der Waals surface area (Å²) in [7, 11) is 0. The molecule has 4 nitrogen and oxygen atoms in total. The number of piperazine rings is 1. The highest BCUT2D eigenvalue weighted by Gasteiger charge is 2.19. The smallest absolute Gasteiger partial charge is 0.119 e. The van der Waals surface area contributed by atoms with Crippen molar-refractivity contribution in [1.82, 2.24) is 9.80 Å². The van der Waals surface area contributed by atoms with Gasteiger partial charge >= 0.3 is 0 Å². The molecule has 4 rings (SSSR count). The van der Waals surface area contributed by atoms with Gasteiger partial charge in [-0.3, -0.25) is 0 Å². The van der Waals surface area contributed by atoms with Gasteiger partial charge < -0.3 is 19.4 Å². The van der Waals surface area contributed by atoms with Crippen LogP contribution in [0.15, 0.2) is 49.0 Å². The predicted molar refractivity (Wildman–Crippen MR) is 139 cm³/mol. The second-order valence-corrected chi connectivity index (χ2v) is 9.19. The molecule has 2 heterocycles. The third kappa shape index (κ3) is 6.12. The standard InChI is InChI=1S/C29H37N3O/c1-4-26-23-27(10-9-24(26)2)25(3)31-18-20-32(21-19-31)28-11-13-29(14-12-28)33-22-8-17-30-15-6-5-7-16-30/h1,9-14,23H,3,5-8,15-22H2,2H3. The Kier molecular flexibility index (Phi) is 7.96. The highest BCUT2D eigenvalue weighted by Crippen LogP contribution is 2.25. The van der Waals surface area contributed by atoms with Crippen molar-refractivity contribution in [3.8, 4) is 18.1 Å². The van der Waals surface area contributed by atoms with Crippen LogP contribution in [0.2, 0.25) is 0 Å². The van der Waals surface area contributed by atoms with E-state index in [4.69, 9.17) is 11.2 Å². The molecule has 2 aromatic carbocycles. The number of benzene rings is 2. The fraction of sp³-hybridized carbons (Fsp3) is 0.448.